The van der Waals surface area contributed by atoms with E-state index in [4.69, 9.17) is 14.2 Å². The average molecular weight is 1830 g/mol. The maximum atomic E-state index is 5.74. The van der Waals surface area contributed by atoms with E-state index in [2.05, 4.69) is 434 Å². The fourth-order valence-electron chi connectivity index (χ4n) is 13.8. The van der Waals surface area contributed by atoms with Gasteiger partial charge in [-0.3, -0.25) is 0 Å². The molecule has 0 bridgehead atoms. The van der Waals surface area contributed by atoms with Gasteiger partial charge in [0.25, 0.3) is 0 Å². The maximum Gasteiger partial charge on any atom is 0.127 e. The summed E-state index contributed by atoms with van der Waals surface area (Å²) in [6.07, 6.45) is 3.09. The van der Waals surface area contributed by atoms with Gasteiger partial charge in [-0.2, -0.15) is 0 Å². The minimum atomic E-state index is 0.879. The summed E-state index contributed by atoms with van der Waals surface area (Å²) in [5.74, 6) is 5.31. The maximum absolute atomic E-state index is 5.74. The molecule has 0 spiro atoms. The van der Waals surface area contributed by atoms with Gasteiger partial charge in [0.15, 0.2) is 0 Å². The van der Waals surface area contributed by atoms with Crippen LogP contribution in [0.5, 0.6) is 34.5 Å². The molecule has 18 aromatic carbocycles. The zero-order chi connectivity index (χ0) is 96.1. The molecule has 0 aliphatic carbocycles. The van der Waals surface area contributed by atoms with Crippen LogP contribution in [0.2, 0.25) is 0 Å². The van der Waals surface area contributed by atoms with Gasteiger partial charge in [-0.1, -0.05) is 410 Å². The lowest BCUT2D eigenvalue weighted by molar-refractivity contribution is 0.481. The largest absolute Gasteiger partial charge is 0.457 e. The van der Waals surface area contributed by atoms with Crippen LogP contribution in [0.3, 0.4) is 0 Å². The highest BCUT2D eigenvalue weighted by molar-refractivity contribution is 7.99. The van der Waals surface area contributed by atoms with E-state index in [9.17, 15) is 0 Å². The van der Waals surface area contributed by atoms with Crippen molar-refractivity contribution in [2.24, 2.45) is 0 Å². The van der Waals surface area contributed by atoms with E-state index < -0.39 is 0 Å². The predicted octanol–water partition coefficient (Wildman–Crippen LogP) is 37.3. The minimum absolute atomic E-state index is 0.879. The Morgan fingerprint density at radius 3 is 0.533 bits per heavy atom. The molecule has 6 heteroatoms. The van der Waals surface area contributed by atoms with Crippen molar-refractivity contribution in [1.29, 1.82) is 0 Å². The Kier molecular flexibility index (Phi) is 42.8. The van der Waals surface area contributed by atoms with Gasteiger partial charge in [-0.25, -0.2) is 0 Å². The zero-order valence-electron chi connectivity index (χ0n) is 82.1. The van der Waals surface area contributed by atoms with Gasteiger partial charge >= 0.3 is 0 Å². The Balaban J connectivity index is 0.000000157. The summed E-state index contributed by atoms with van der Waals surface area (Å²) in [5, 5.41) is 0. The quantitative estimate of drug-likeness (QED) is 0.0850. The second kappa shape index (κ2) is 55.8. The van der Waals surface area contributed by atoms with Crippen LogP contribution >= 0.6 is 35.3 Å². The normalized spacial score (nSPS) is 10.2. The highest BCUT2D eigenvalue weighted by Crippen LogP contribution is 2.33. The van der Waals surface area contributed by atoms with Crippen molar-refractivity contribution in [3.8, 4) is 34.5 Å². The summed E-state index contributed by atoms with van der Waals surface area (Å²) < 4.78 is 17.1. The van der Waals surface area contributed by atoms with Crippen LogP contribution in [-0.4, -0.2) is 0 Å². The monoisotopic (exact) mass is 1820 g/mol. The molecule has 0 aliphatic rings. The molecule has 0 aromatic heterocycles. The fraction of sp³-hybridized carbons (Fsp3) is 0.163. The molecule has 0 saturated heterocycles. The SMILES string of the molecule is Cc1ccc(Cc2ccc(C)cc2)cc1.Cc1ccc(Cc2cccc(C)c2)cc1.Cc1ccc(Oc2ccc(C)cc2)cc1.Cc1ccc(Oc2cccc(C)c2)cc1.Cc1ccc(Sc2ccc(C)cc2)cc1.Cc1ccc(Sc2cccc(C)c2)cc1.Cc1cccc(Cc2cccc(C)c2)c1.Cc1cccc(Oc2cccc(C)c2)c1.Cc1cccc(Sc2cccc(C)c2)c1. The smallest absolute Gasteiger partial charge is 0.127 e. The van der Waals surface area contributed by atoms with Gasteiger partial charge in [0.2, 0.25) is 0 Å². The third kappa shape index (κ3) is 41.2. The van der Waals surface area contributed by atoms with Gasteiger partial charge in [-0.05, 0) is 340 Å². The van der Waals surface area contributed by atoms with Crippen molar-refractivity contribution >= 4 is 35.3 Å². The van der Waals surface area contributed by atoms with E-state index in [1.54, 1.807) is 11.8 Å². The Morgan fingerprint density at radius 2 is 0.296 bits per heavy atom. The standard InChI is InChI=1S/3C15H16.3C14H14O.3C14H14S/c1-12-3-7-14(8-4-12)11-15-9-5-13(2)6-10-15;1-12-5-3-7-14(9-12)11-15-8-4-6-13(2)10-15;1-12-6-8-14(9-7-12)11-15-5-3-4-13(2)10-15;1-11-3-7-13(8-4-11)15-14-9-5-12(2)6-10-14;1-11-5-3-7-13(9-11)15-14-8-4-6-12(2)10-14;1-11-6-8-13(9-7-11)15-14-5-3-4-12(2)10-14;1-11-3-7-13(8-4-11)15-14-9-5-12(2)6-10-14;1-11-5-3-7-13(9-11)15-14-8-4-6-12(2)10-14;1-11-6-8-13(9-7-11)15-14-5-3-4-12(2)10-14/h3*3-10H,11H2,1-2H3;6*3-10H,1-2H3. The van der Waals surface area contributed by atoms with Crippen molar-refractivity contribution < 1.29 is 14.2 Å². The Morgan fingerprint density at radius 1 is 0.126 bits per heavy atom. The first kappa shape index (κ1) is 104. The van der Waals surface area contributed by atoms with Crippen LogP contribution in [0.25, 0.3) is 0 Å². The number of hydrogen-bond donors (Lipinski definition) is 0. The molecular formula is C129H132O3S3. The van der Waals surface area contributed by atoms with E-state index in [0.29, 0.717) is 0 Å². The zero-order valence-corrected chi connectivity index (χ0v) is 84.6. The van der Waals surface area contributed by atoms with Gasteiger partial charge in [0.05, 0.1) is 0 Å². The summed E-state index contributed by atoms with van der Waals surface area (Å²) in [4.78, 5) is 7.81. The van der Waals surface area contributed by atoms with Crippen LogP contribution in [0.1, 0.15) is 134 Å². The van der Waals surface area contributed by atoms with Gasteiger partial charge in [0.1, 0.15) is 34.5 Å². The number of ether oxygens (including phenoxy) is 3. The van der Waals surface area contributed by atoms with E-state index in [0.717, 1.165) is 53.8 Å². The third-order valence-corrected chi connectivity index (χ3v) is 24.3. The van der Waals surface area contributed by atoms with Crippen molar-refractivity contribution in [1.82, 2.24) is 0 Å². The van der Waals surface area contributed by atoms with Crippen LogP contribution in [0.4, 0.5) is 0 Å². The Labute approximate surface area is 821 Å². The van der Waals surface area contributed by atoms with Crippen molar-refractivity contribution in [2.45, 2.75) is 173 Å². The molecule has 0 heterocycles. The molecule has 0 fully saturated rings. The summed E-state index contributed by atoms with van der Waals surface area (Å²) in [6.45, 7) is 37.9. The molecule has 0 aliphatic heterocycles. The molecular weight excluding hydrogens is 1690 g/mol. The molecule has 18 aromatic rings. The third-order valence-electron chi connectivity index (χ3n) is 21.3. The molecule has 0 atom stereocenters. The lowest BCUT2D eigenvalue weighted by atomic mass is 10.0. The van der Waals surface area contributed by atoms with Crippen LogP contribution in [-0.2, 0) is 19.3 Å². The number of hydrogen-bond acceptors (Lipinski definition) is 6. The van der Waals surface area contributed by atoms with Gasteiger partial charge in [-0.15, -0.1) is 0 Å². The van der Waals surface area contributed by atoms with E-state index in [1.165, 1.54) is 163 Å². The average Bonchev–Trinajstić information content (AvgIpc) is 1.16. The highest BCUT2D eigenvalue weighted by Gasteiger charge is 2.06. The van der Waals surface area contributed by atoms with Crippen molar-refractivity contribution in [3.05, 3.63) is 570 Å². The van der Waals surface area contributed by atoms with E-state index >= 15 is 0 Å². The first-order valence-corrected chi connectivity index (χ1v) is 48.8. The Bertz CT molecular complexity index is 5630. The first-order valence-electron chi connectivity index (χ1n) is 46.4. The molecule has 0 amide bonds. The number of aryl methyl sites for hydroxylation is 18. The lowest BCUT2D eigenvalue weighted by Crippen LogP contribution is -1.89. The second-order valence-electron chi connectivity index (χ2n) is 34.8. The molecule has 0 saturated carbocycles. The topological polar surface area (TPSA) is 27.7 Å². The van der Waals surface area contributed by atoms with Crippen molar-refractivity contribution in [3.63, 3.8) is 0 Å². The minimum Gasteiger partial charge on any atom is -0.457 e. The first-order chi connectivity index (χ1) is 65.1. The van der Waals surface area contributed by atoms with Crippen molar-refractivity contribution in [2.75, 3.05) is 0 Å². The molecule has 3 nitrogen and oxygen atoms in total. The summed E-state index contributed by atoms with van der Waals surface area (Å²) >= 11 is 5.43. The molecule has 135 heavy (non-hydrogen) atoms. The fourth-order valence-corrected chi connectivity index (χ4v) is 16.6. The van der Waals surface area contributed by atoms with Crippen LogP contribution in [0, 0.1) is 125 Å². The number of benzene rings is 18. The predicted molar refractivity (Wildman–Crippen MR) is 582 cm³/mol. The summed E-state index contributed by atoms with van der Waals surface area (Å²) in [7, 11) is 0. The molecule has 684 valence electrons. The van der Waals surface area contributed by atoms with Crippen LogP contribution < -0.4 is 14.2 Å². The second-order valence-corrected chi connectivity index (χ2v) is 38.3. The molecule has 0 unspecified atom stereocenters. The number of rotatable bonds is 18. The van der Waals surface area contributed by atoms with Crippen LogP contribution in [0.15, 0.2) is 466 Å². The molecule has 0 N–H and O–H groups in total. The summed E-state index contributed by atoms with van der Waals surface area (Å²) in [5.41, 5.74) is 31.5. The van der Waals surface area contributed by atoms with Gasteiger partial charge < -0.3 is 14.2 Å². The van der Waals surface area contributed by atoms with E-state index in [-0.39, 0.29) is 0 Å². The molecule has 0 radical (unpaired) electrons. The highest BCUT2D eigenvalue weighted by atomic mass is 32.2. The summed E-state index contributed by atoms with van der Waals surface area (Å²) in [6, 6.07) is 152. The van der Waals surface area contributed by atoms with E-state index in [1.807, 2.05) is 151 Å². The van der Waals surface area contributed by atoms with Gasteiger partial charge in [0, 0.05) is 29.4 Å². The molecule has 18 rings (SSSR count). The Hall–Kier alpha value is -13.6. The lowest BCUT2D eigenvalue weighted by Gasteiger charge is -2.06.